The summed E-state index contributed by atoms with van der Waals surface area (Å²) in [6, 6.07) is -1.93. The highest BCUT2D eigenvalue weighted by Gasteiger charge is 2.23. The second-order valence-electron chi connectivity index (χ2n) is 4.19. The molecule has 0 aromatic carbocycles. The van der Waals surface area contributed by atoms with Crippen LogP contribution in [-0.4, -0.2) is 47.2 Å². The van der Waals surface area contributed by atoms with Crippen LogP contribution < -0.4 is 16.5 Å². The van der Waals surface area contributed by atoms with Gasteiger partial charge in [-0.3, -0.25) is 10.2 Å². The fraction of sp³-hybridized carbons (Fsp3) is 0.700. The van der Waals surface area contributed by atoms with Crippen LogP contribution in [0.3, 0.4) is 0 Å². The van der Waals surface area contributed by atoms with Gasteiger partial charge >= 0.3 is 12.0 Å². The van der Waals surface area contributed by atoms with E-state index in [1.54, 1.807) is 5.01 Å². The number of hydrazine groups is 1. The number of amides is 3. The number of nitrogens with two attached hydrogens (primary N) is 1. The number of hydrogen-bond donors (Lipinski definition) is 4. The summed E-state index contributed by atoms with van der Waals surface area (Å²) in [5.41, 5.74) is 7.45. The first-order valence-electron chi connectivity index (χ1n) is 5.82. The maximum Gasteiger partial charge on any atom is 0.330 e. The number of carbonyl (C=O) groups is 3. The van der Waals surface area contributed by atoms with Crippen molar-refractivity contribution >= 4 is 17.9 Å². The first-order chi connectivity index (χ1) is 8.49. The first-order valence-corrected chi connectivity index (χ1v) is 5.82. The zero-order valence-corrected chi connectivity index (χ0v) is 10.0. The average molecular weight is 258 g/mol. The lowest BCUT2D eigenvalue weighted by atomic mass is 10.2. The van der Waals surface area contributed by atoms with Crippen molar-refractivity contribution in [3.8, 4) is 0 Å². The molecule has 1 aliphatic heterocycles. The predicted molar refractivity (Wildman–Crippen MR) is 62.3 cm³/mol. The van der Waals surface area contributed by atoms with Gasteiger partial charge in [-0.25, -0.2) is 14.6 Å². The SMILES string of the molecule is NC(=O)C[C@@H](NC(=O)NN1CCCCC1)C(=O)O. The summed E-state index contributed by atoms with van der Waals surface area (Å²) in [7, 11) is 0. The third-order valence-corrected chi connectivity index (χ3v) is 2.62. The van der Waals surface area contributed by atoms with Crippen molar-refractivity contribution in [3.05, 3.63) is 0 Å². The van der Waals surface area contributed by atoms with Crippen molar-refractivity contribution in [1.29, 1.82) is 0 Å². The molecule has 0 unspecified atom stereocenters. The van der Waals surface area contributed by atoms with Gasteiger partial charge in [-0.05, 0) is 12.8 Å². The monoisotopic (exact) mass is 258 g/mol. The Morgan fingerprint density at radius 1 is 1.22 bits per heavy atom. The van der Waals surface area contributed by atoms with Gasteiger partial charge in [-0.1, -0.05) is 6.42 Å². The minimum absolute atomic E-state index is 0.428. The molecule has 1 saturated heterocycles. The number of carboxylic acids is 1. The molecule has 0 bridgehead atoms. The lowest BCUT2D eigenvalue weighted by molar-refractivity contribution is -0.140. The molecule has 1 atom stereocenters. The van der Waals surface area contributed by atoms with Crippen LogP contribution in [0.2, 0.25) is 0 Å². The second kappa shape index (κ2) is 6.80. The molecular formula is C10H18N4O4. The van der Waals surface area contributed by atoms with Gasteiger partial charge in [0.05, 0.1) is 6.42 Å². The minimum Gasteiger partial charge on any atom is -0.480 e. The van der Waals surface area contributed by atoms with Crippen LogP contribution in [0.4, 0.5) is 4.79 Å². The summed E-state index contributed by atoms with van der Waals surface area (Å²) in [5.74, 6) is -2.07. The van der Waals surface area contributed by atoms with Crippen molar-refractivity contribution < 1.29 is 19.5 Å². The minimum atomic E-state index is -1.30. The molecule has 3 amide bonds. The van der Waals surface area contributed by atoms with Crippen molar-refractivity contribution in [1.82, 2.24) is 15.8 Å². The Labute approximate surface area is 104 Å². The zero-order chi connectivity index (χ0) is 13.5. The Bertz CT molecular complexity index is 328. The van der Waals surface area contributed by atoms with E-state index in [2.05, 4.69) is 10.7 Å². The molecule has 0 aromatic rings. The summed E-state index contributed by atoms with van der Waals surface area (Å²) < 4.78 is 0. The van der Waals surface area contributed by atoms with Crippen molar-refractivity contribution in [3.63, 3.8) is 0 Å². The summed E-state index contributed by atoms with van der Waals surface area (Å²) >= 11 is 0. The molecule has 0 spiro atoms. The van der Waals surface area contributed by atoms with Gasteiger partial charge in [0.25, 0.3) is 0 Å². The van der Waals surface area contributed by atoms with Crippen molar-refractivity contribution in [2.24, 2.45) is 5.73 Å². The molecule has 1 rings (SSSR count). The summed E-state index contributed by atoms with van der Waals surface area (Å²) in [4.78, 5) is 33.0. The quantitative estimate of drug-likeness (QED) is 0.504. The molecule has 8 nitrogen and oxygen atoms in total. The molecule has 0 radical (unpaired) electrons. The van der Waals surface area contributed by atoms with Gasteiger partial charge < -0.3 is 16.2 Å². The maximum absolute atomic E-state index is 11.5. The van der Waals surface area contributed by atoms with E-state index in [4.69, 9.17) is 10.8 Å². The van der Waals surface area contributed by atoms with E-state index in [9.17, 15) is 14.4 Å². The number of nitrogens with zero attached hydrogens (tertiary/aromatic N) is 1. The Balaban J connectivity index is 2.40. The molecule has 1 aliphatic rings. The number of piperidine rings is 1. The van der Waals surface area contributed by atoms with Crippen LogP contribution >= 0.6 is 0 Å². The van der Waals surface area contributed by atoms with Gasteiger partial charge in [-0.15, -0.1) is 0 Å². The molecule has 102 valence electrons. The average Bonchev–Trinajstić information content (AvgIpc) is 2.28. The fourth-order valence-corrected chi connectivity index (χ4v) is 1.74. The number of urea groups is 1. The van der Waals surface area contributed by atoms with Crippen LogP contribution in [0.25, 0.3) is 0 Å². The number of aliphatic carboxylic acids is 1. The van der Waals surface area contributed by atoms with Crippen LogP contribution in [0.15, 0.2) is 0 Å². The number of hydrogen-bond acceptors (Lipinski definition) is 4. The topological polar surface area (TPSA) is 125 Å². The van der Waals surface area contributed by atoms with Gasteiger partial charge in [0, 0.05) is 13.1 Å². The number of nitrogens with one attached hydrogen (secondary N) is 2. The largest absolute Gasteiger partial charge is 0.480 e. The first kappa shape index (κ1) is 14.2. The van der Waals surface area contributed by atoms with E-state index >= 15 is 0 Å². The van der Waals surface area contributed by atoms with Gasteiger partial charge in [-0.2, -0.15) is 0 Å². The number of carbonyl (C=O) groups excluding carboxylic acids is 2. The van der Waals surface area contributed by atoms with Gasteiger partial charge in [0.1, 0.15) is 6.04 Å². The molecule has 0 aromatic heterocycles. The Hall–Kier alpha value is -1.83. The Morgan fingerprint density at radius 3 is 2.33 bits per heavy atom. The van der Waals surface area contributed by atoms with E-state index in [0.717, 1.165) is 32.4 Å². The number of carboxylic acid groups (broad SMARTS) is 1. The number of primary amides is 1. The lowest BCUT2D eigenvalue weighted by Gasteiger charge is -2.27. The highest BCUT2D eigenvalue weighted by Crippen LogP contribution is 2.05. The van der Waals surface area contributed by atoms with Crippen LogP contribution in [0.1, 0.15) is 25.7 Å². The summed E-state index contributed by atoms with van der Waals surface area (Å²) in [6.45, 7) is 1.47. The number of rotatable bonds is 5. The normalized spacial score (nSPS) is 17.8. The van der Waals surface area contributed by atoms with E-state index in [0.29, 0.717) is 0 Å². The third kappa shape index (κ3) is 5.00. The van der Waals surface area contributed by atoms with E-state index in [1.807, 2.05) is 0 Å². The fourth-order valence-electron chi connectivity index (χ4n) is 1.74. The van der Waals surface area contributed by atoms with E-state index in [-0.39, 0.29) is 0 Å². The summed E-state index contributed by atoms with van der Waals surface area (Å²) in [5, 5.41) is 12.7. The highest BCUT2D eigenvalue weighted by molar-refractivity contribution is 5.87. The molecule has 5 N–H and O–H groups in total. The molecule has 1 heterocycles. The van der Waals surface area contributed by atoms with Crippen LogP contribution in [0.5, 0.6) is 0 Å². The van der Waals surface area contributed by atoms with E-state index < -0.39 is 30.4 Å². The van der Waals surface area contributed by atoms with Crippen LogP contribution in [-0.2, 0) is 9.59 Å². The van der Waals surface area contributed by atoms with Crippen LogP contribution in [0, 0.1) is 0 Å². The third-order valence-electron chi connectivity index (χ3n) is 2.62. The lowest BCUT2D eigenvalue weighted by Crippen LogP contribution is -2.53. The van der Waals surface area contributed by atoms with Crippen molar-refractivity contribution in [2.45, 2.75) is 31.7 Å². The molecule has 0 saturated carbocycles. The predicted octanol–water partition coefficient (Wildman–Crippen LogP) is -0.985. The van der Waals surface area contributed by atoms with Gasteiger partial charge in [0.15, 0.2) is 0 Å². The second-order valence-corrected chi connectivity index (χ2v) is 4.19. The molecule has 18 heavy (non-hydrogen) atoms. The molecule has 8 heteroatoms. The standard InChI is InChI=1S/C10H18N4O4/c11-8(15)6-7(9(16)17)12-10(18)13-14-4-2-1-3-5-14/h7H,1-6H2,(H2,11,15)(H,16,17)(H2,12,13,18)/t7-/m1/s1. The highest BCUT2D eigenvalue weighted by atomic mass is 16.4. The Kier molecular flexibility index (Phi) is 5.37. The van der Waals surface area contributed by atoms with E-state index in [1.165, 1.54) is 0 Å². The summed E-state index contributed by atoms with van der Waals surface area (Å²) in [6.07, 6.45) is 2.68. The van der Waals surface area contributed by atoms with Crippen molar-refractivity contribution in [2.75, 3.05) is 13.1 Å². The van der Waals surface area contributed by atoms with Gasteiger partial charge in [0.2, 0.25) is 5.91 Å². The smallest absolute Gasteiger partial charge is 0.330 e. The molecular weight excluding hydrogens is 240 g/mol. The Morgan fingerprint density at radius 2 is 1.83 bits per heavy atom. The molecule has 1 fully saturated rings. The maximum atomic E-state index is 11.5. The zero-order valence-electron chi connectivity index (χ0n) is 10.0. The molecule has 0 aliphatic carbocycles.